The summed E-state index contributed by atoms with van der Waals surface area (Å²) in [6, 6.07) is 5.30. The Bertz CT molecular complexity index is 355. The van der Waals surface area contributed by atoms with Crippen molar-refractivity contribution in [1.82, 2.24) is 0 Å². The summed E-state index contributed by atoms with van der Waals surface area (Å²) in [6.07, 6.45) is -4.31. The van der Waals surface area contributed by atoms with Crippen molar-refractivity contribution in [1.29, 1.82) is 0 Å². The van der Waals surface area contributed by atoms with Crippen molar-refractivity contribution >= 4 is 0 Å². The van der Waals surface area contributed by atoms with Crippen LogP contribution in [-0.4, -0.2) is 11.7 Å². The molecule has 82 valence electrons. The van der Waals surface area contributed by atoms with Gasteiger partial charge in [-0.15, -0.1) is 0 Å². The predicted molar refractivity (Wildman–Crippen MR) is 51.4 cm³/mol. The van der Waals surface area contributed by atoms with E-state index in [2.05, 4.69) is 6.58 Å². The Morgan fingerprint density at radius 3 is 2.40 bits per heavy atom. The molecule has 0 saturated heterocycles. The summed E-state index contributed by atoms with van der Waals surface area (Å²) in [5.41, 5.74) is -0.157. The maximum atomic E-state index is 12.5. The maximum Gasteiger partial charge on any atom is 0.416 e. The monoisotopic (exact) mass is 216 g/mol. The summed E-state index contributed by atoms with van der Waals surface area (Å²) in [5.74, 6) is 0. The molecule has 0 aliphatic rings. The molecule has 0 aliphatic carbocycles. The largest absolute Gasteiger partial charge is 0.416 e. The first-order valence-corrected chi connectivity index (χ1v) is 4.37. The minimum Gasteiger partial charge on any atom is -0.392 e. The van der Waals surface area contributed by atoms with Crippen molar-refractivity contribution in [2.24, 2.45) is 0 Å². The number of benzene rings is 1. The van der Waals surface area contributed by atoms with Crippen molar-refractivity contribution in [3.05, 3.63) is 47.5 Å². The molecular weight excluding hydrogens is 205 g/mol. The second-order valence-electron chi connectivity index (χ2n) is 3.24. The summed E-state index contributed by atoms with van der Waals surface area (Å²) in [5, 5.41) is 8.71. The number of aliphatic hydroxyl groups is 1. The Labute approximate surface area is 85.9 Å². The third kappa shape index (κ3) is 3.09. The minimum atomic E-state index is -4.35. The first kappa shape index (κ1) is 11.8. The predicted octanol–water partition coefficient (Wildman–Crippen LogP) is 2.80. The summed E-state index contributed by atoms with van der Waals surface area (Å²) >= 11 is 0. The molecule has 0 bridgehead atoms. The molecule has 4 heteroatoms. The molecule has 0 aromatic heterocycles. The molecule has 1 nitrogen and oxygen atoms in total. The highest BCUT2D eigenvalue weighted by Crippen LogP contribution is 2.32. The van der Waals surface area contributed by atoms with Crippen molar-refractivity contribution < 1.29 is 18.3 Å². The molecule has 1 rings (SSSR count). The highest BCUT2D eigenvalue weighted by molar-refractivity contribution is 5.32. The van der Waals surface area contributed by atoms with Gasteiger partial charge in [0.2, 0.25) is 0 Å². The van der Waals surface area contributed by atoms with Gasteiger partial charge in [0.15, 0.2) is 0 Å². The van der Waals surface area contributed by atoms with E-state index in [0.29, 0.717) is 5.57 Å². The van der Waals surface area contributed by atoms with Gasteiger partial charge in [0.05, 0.1) is 12.2 Å². The van der Waals surface area contributed by atoms with Crippen LogP contribution in [0.25, 0.3) is 0 Å². The van der Waals surface area contributed by atoms with Crippen LogP contribution in [-0.2, 0) is 12.6 Å². The van der Waals surface area contributed by atoms with Crippen LogP contribution in [0.2, 0.25) is 0 Å². The number of alkyl halides is 3. The van der Waals surface area contributed by atoms with Crippen LogP contribution in [0.4, 0.5) is 13.2 Å². The van der Waals surface area contributed by atoms with Crippen LogP contribution in [0, 0.1) is 0 Å². The maximum absolute atomic E-state index is 12.5. The SMILES string of the molecule is C=C(CO)Cc1ccccc1C(F)(F)F. The van der Waals surface area contributed by atoms with E-state index in [4.69, 9.17) is 5.11 Å². The topological polar surface area (TPSA) is 20.2 Å². The molecular formula is C11H11F3O. The van der Waals surface area contributed by atoms with Gasteiger partial charge in [-0.25, -0.2) is 0 Å². The molecule has 0 atom stereocenters. The number of hydrogen-bond donors (Lipinski definition) is 1. The zero-order valence-corrected chi connectivity index (χ0v) is 8.01. The average Bonchev–Trinajstić information content (AvgIpc) is 2.17. The highest BCUT2D eigenvalue weighted by atomic mass is 19.4. The number of rotatable bonds is 3. The molecule has 0 unspecified atom stereocenters. The zero-order valence-electron chi connectivity index (χ0n) is 8.01. The summed E-state index contributed by atoms with van der Waals surface area (Å²) in [4.78, 5) is 0. The van der Waals surface area contributed by atoms with Crippen molar-refractivity contribution in [2.45, 2.75) is 12.6 Å². The third-order valence-corrected chi connectivity index (χ3v) is 1.99. The average molecular weight is 216 g/mol. The number of halogens is 3. The molecule has 0 spiro atoms. The van der Waals surface area contributed by atoms with E-state index in [0.717, 1.165) is 6.07 Å². The lowest BCUT2D eigenvalue weighted by molar-refractivity contribution is -0.138. The molecule has 0 aliphatic heterocycles. The molecule has 0 radical (unpaired) electrons. The van der Waals surface area contributed by atoms with E-state index < -0.39 is 11.7 Å². The van der Waals surface area contributed by atoms with Gasteiger partial charge in [-0.2, -0.15) is 13.2 Å². The van der Waals surface area contributed by atoms with Gasteiger partial charge in [0, 0.05) is 0 Å². The van der Waals surface area contributed by atoms with Crippen molar-refractivity contribution in [3.63, 3.8) is 0 Å². The number of hydrogen-bond acceptors (Lipinski definition) is 1. The van der Waals surface area contributed by atoms with Crippen LogP contribution >= 0.6 is 0 Å². The first-order valence-electron chi connectivity index (χ1n) is 4.37. The zero-order chi connectivity index (χ0) is 11.5. The van der Waals surface area contributed by atoms with Crippen LogP contribution in [0.3, 0.4) is 0 Å². The number of aliphatic hydroxyl groups excluding tert-OH is 1. The molecule has 0 saturated carbocycles. The molecule has 1 aromatic rings. The van der Waals surface area contributed by atoms with E-state index >= 15 is 0 Å². The van der Waals surface area contributed by atoms with Crippen LogP contribution in [0.5, 0.6) is 0 Å². The first-order chi connectivity index (χ1) is 6.95. The van der Waals surface area contributed by atoms with E-state index in [1.165, 1.54) is 18.2 Å². The van der Waals surface area contributed by atoms with Crippen LogP contribution in [0.15, 0.2) is 36.4 Å². The van der Waals surface area contributed by atoms with E-state index in [-0.39, 0.29) is 18.6 Å². The Hall–Kier alpha value is -1.29. The standard InChI is InChI=1S/C11H11F3O/c1-8(7-15)6-9-4-2-3-5-10(9)11(12,13)14/h2-5,15H,1,6-7H2. The minimum absolute atomic E-state index is 0.0478. The van der Waals surface area contributed by atoms with Gasteiger partial charge in [0.1, 0.15) is 0 Å². The van der Waals surface area contributed by atoms with Gasteiger partial charge >= 0.3 is 6.18 Å². The van der Waals surface area contributed by atoms with Gasteiger partial charge < -0.3 is 5.11 Å². The van der Waals surface area contributed by atoms with Gasteiger partial charge in [-0.3, -0.25) is 0 Å². The van der Waals surface area contributed by atoms with E-state index in [1.54, 1.807) is 0 Å². The molecule has 0 fully saturated rings. The lowest BCUT2D eigenvalue weighted by Gasteiger charge is -2.12. The second-order valence-corrected chi connectivity index (χ2v) is 3.24. The van der Waals surface area contributed by atoms with E-state index in [9.17, 15) is 13.2 Å². The smallest absolute Gasteiger partial charge is 0.392 e. The quantitative estimate of drug-likeness (QED) is 0.770. The summed E-state index contributed by atoms with van der Waals surface area (Å²) in [7, 11) is 0. The Balaban J connectivity index is 3.02. The highest BCUT2D eigenvalue weighted by Gasteiger charge is 2.32. The lowest BCUT2D eigenvalue weighted by atomic mass is 10.0. The second kappa shape index (κ2) is 4.49. The normalized spacial score (nSPS) is 11.5. The van der Waals surface area contributed by atoms with Crippen molar-refractivity contribution in [3.8, 4) is 0 Å². The Morgan fingerprint density at radius 1 is 1.27 bits per heavy atom. The fourth-order valence-corrected chi connectivity index (χ4v) is 1.28. The Morgan fingerprint density at radius 2 is 1.87 bits per heavy atom. The van der Waals surface area contributed by atoms with Crippen molar-refractivity contribution in [2.75, 3.05) is 6.61 Å². The van der Waals surface area contributed by atoms with Gasteiger partial charge in [-0.1, -0.05) is 24.8 Å². The fraction of sp³-hybridized carbons (Fsp3) is 0.273. The summed E-state index contributed by atoms with van der Waals surface area (Å²) < 4.78 is 37.5. The fourth-order valence-electron chi connectivity index (χ4n) is 1.28. The van der Waals surface area contributed by atoms with Gasteiger partial charge in [-0.05, 0) is 23.6 Å². The van der Waals surface area contributed by atoms with Crippen LogP contribution in [0.1, 0.15) is 11.1 Å². The summed E-state index contributed by atoms with van der Waals surface area (Å²) in [6.45, 7) is 3.17. The third-order valence-electron chi connectivity index (χ3n) is 1.99. The van der Waals surface area contributed by atoms with E-state index in [1.807, 2.05) is 0 Å². The molecule has 1 N–H and O–H groups in total. The molecule has 15 heavy (non-hydrogen) atoms. The Kier molecular flexibility index (Phi) is 3.52. The van der Waals surface area contributed by atoms with Gasteiger partial charge in [0.25, 0.3) is 0 Å². The lowest BCUT2D eigenvalue weighted by Crippen LogP contribution is -2.09. The molecule has 0 heterocycles. The van der Waals surface area contributed by atoms with Crippen LogP contribution < -0.4 is 0 Å². The molecule has 1 aromatic carbocycles. The molecule has 0 amide bonds.